The highest BCUT2D eigenvalue weighted by Gasteiger charge is 2.33. The summed E-state index contributed by atoms with van der Waals surface area (Å²) in [7, 11) is -1.45. The van der Waals surface area contributed by atoms with Crippen LogP contribution in [0.2, 0.25) is 19.1 Å². The summed E-state index contributed by atoms with van der Waals surface area (Å²) in [6.45, 7) is 7.53. The number of hydrogen-bond donors (Lipinski definition) is 1. The largest absolute Gasteiger partial charge is 0.393 e. The van der Waals surface area contributed by atoms with Crippen LogP contribution in [0.4, 0.5) is 0 Å². The lowest BCUT2D eigenvalue weighted by molar-refractivity contribution is -0.0698. The summed E-state index contributed by atoms with van der Waals surface area (Å²) in [5.74, 6) is 0.280. The van der Waals surface area contributed by atoms with Gasteiger partial charge in [0.2, 0.25) is 0 Å². The van der Waals surface area contributed by atoms with Gasteiger partial charge in [0.1, 0.15) is 0 Å². The van der Waals surface area contributed by atoms with Gasteiger partial charge < -0.3 is 9.84 Å². The minimum absolute atomic E-state index is 0.190. The fourth-order valence-corrected chi connectivity index (χ4v) is 5.44. The van der Waals surface area contributed by atoms with Gasteiger partial charge in [-0.15, -0.1) is 0 Å². The second kappa shape index (κ2) is 5.55. The minimum atomic E-state index is -1.45. The highest BCUT2D eigenvalue weighted by Crippen LogP contribution is 2.25. The third kappa shape index (κ3) is 3.22. The molecule has 1 fully saturated rings. The quantitative estimate of drug-likeness (QED) is 0.850. The lowest BCUT2D eigenvalue weighted by Gasteiger charge is -2.35. The molecule has 1 aromatic carbocycles. The van der Waals surface area contributed by atoms with Gasteiger partial charge in [-0.25, -0.2) is 0 Å². The second-order valence-corrected chi connectivity index (χ2v) is 10.9. The summed E-state index contributed by atoms with van der Waals surface area (Å²) in [6.07, 6.45) is 0.840. The number of aliphatic hydroxyl groups is 1. The first-order valence-corrected chi connectivity index (χ1v) is 10.0. The van der Waals surface area contributed by atoms with Crippen molar-refractivity contribution < 1.29 is 9.84 Å². The van der Waals surface area contributed by atoms with Crippen LogP contribution >= 0.6 is 0 Å². The normalized spacial score (nSPS) is 29.2. The maximum Gasteiger partial charge on any atom is 0.0831 e. The third-order valence-corrected chi connectivity index (χ3v) is 7.42. The minimum Gasteiger partial charge on any atom is -0.393 e. The van der Waals surface area contributed by atoms with Gasteiger partial charge in [-0.2, -0.15) is 0 Å². The van der Waals surface area contributed by atoms with Crippen molar-refractivity contribution in [3.05, 3.63) is 30.3 Å². The van der Waals surface area contributed by atoms with Crippen molar-refractivity contribution >= 4 is 13.3 Å². The van der Waals surface area contributed by atoms with Crippen LogP contribution in [0.25, 0.3) is 0 Å². The Balaban J connectivity index is 2.00. The van der Waals surface area contributed by atoms with Gasteiger partial charge in [0.05, 0.1) is 26.9 Å². The Bertz CT molecular complexity index is 377. The molecule has 3 heteroatoms. The topological polar surface area (TPSA) is 29.5 Å². The smallest absolute Gasteiger partial charge is 0.0831 e. The molecule has 1 aliphatic rings. The van der Waals surface area contributed by atoms with Crippen molar-refractivity contribution in [2.75, 3.05) is 6.61 Å². The molecule has 0 aliphatic carbocycles. The summed E-state index contributed by atoms with van der Waals surface area (Å²) >= 11 is 0. The van der Waals surface area contributed by atoms with Crippen LogP contribution < -0.4 is 5.19 Å². The van der Waals surface area contributed by atoms with E-state index in [4.69, 9.17) is 4.74 Å². The van der Waals surface area contributed by atoms with E-state index in [-0.39, 0.29) is 18.1 Å². The lowest BCUT2D eigenvalue weighted by Crippen LogP contribution is -2.47. The standard InChI is InChI=1S/C15H24O2Si/c1-12-10-17-13(9-15(12)16)11-18(2,3)14-7-5-4-6-8-14/h4-8,12-13,15-16H,9-11H2,1-3H3/t12-,13-,15-/m0/s1. The van der Waals surface area contributed by atoms with Crippen molar-refractivity contribution in [2.24, 2.45) is 5.92 Å². The van der Waals surface area contributed by atoms with Crippen LogP contribution in [0.5, 0.6) is 0 Å². The third-order valence-electron chi connectivity index (χ3n) is 4.05. The molecular weight excluding hydrogens is 240 g/mol. The molecule has 0 amide bonds. The zero-order valence-corrected chi connectivity index (χ0v) is 12.6. The van der Waals surface area contributed by atoms with Gasteiger partial charge >= 0.3 is 0 Å². The van der Waals surface area contributed by atoms with Crippen LogP contribution in [0.15, 0.2) is 30.3 Å². The molecule has 0 saturated carbocycles. The van der Waals surface area contributed by atoms with Gasteiger partial charge in [0.25, 0.3) is 0 Å². The van der Waals surface area contributed by atoms with Gasteiger partial charge in [0.15, 0.2) is 0 Å². The van der Waals surface area contributed by atoms with E-state index in [2.05, 4.69) is 50.3 Å². The maximum absolute atomic E-state index is 9.95. The predicted octanol–water partition coefficient (Wildman–Crippen LogP) is 2.39. The average molecular weight is 264 g/mol. The molecule has 1 heterocycles. The van der Waals surface area contributed by atoms with Crippen molar-refractivity contribution in [2.45, 2.75) is 44.7 Å². The van der Waals surface area contributed by atoms with Gasteiger partial charge in [-0.05, 0) is 12.5 Å². The summed E-state index contributed by atoms with van der Waals surface area (Å²) in [6, 6.07) is 11.9. The summed E-state index contributed by atoms with van der Waals surface area (Å²) in [5.41, 5.74) is 0. The molecule has 3 atom stereocenters. The molecule has 0 spiro atoms. The Hall–Kier alpha value is -0.643. The molecule has 2 nitrogen and oxygen atoms in total. The van der Waals surface area contributed by atoms with E-state index in [1.807, 2.05) is 0 Å². The molecular formula is C15H24O2Si. The van der Waals surface area contributed by atoms with E-state index >= 15 is 0 Å². The molecule has 2 rings (SSSR count). The Morgan fingerprint density at radius 3 is 2.56 bits per heavy atom. The van der Waals surface area contributed by atoms with Crippen LogP contribution in [0.1, 0.15) is 13.3 Å². The molecule has 0 unspecified atom stereocenters. The summed E-state index contributed by atoms with van der Waals surface area (Å²) in [5, 5.41) is 11.4. The molecule has 100 valence electrons. The number of ether oxygens (including phenoxy) is 1. The van der Waals surface area contributed by atoms with E-state index in [9.17, 15) is 5.11 Å². The first-order valence-electron chi connectivity index (χ1n) is 6.84. The first-order chi connectivity index (χ1) is 8.49. The molecule has 0 aromatic heterocycles. The number of aliphatic hydroxyl groups excluding tert-OH is 1. The van der Waals surface area contributed by atoms with E-state index in [1.165, 1.54) is 5.19 Å². The van der Waals surface area contributed by atoms with Crippen LogP contribution in [0, 0.1) is 5.92 Å². The molecule has 1 N–H and O–H groups in total. The zero-order chi connectivity index (χ0) is 13.2. The average Bonchev–Trinajstić information content (AvgIpc) is 2.35. The van der Waals surface area contributed by atoms with Gasteiger partial charge in [-0.3, -0.25) is 0 Å². The van der Waals surface area contributed by atoms with E-state index in [1.54, 1.807) is 0 Å². The molecule has 0 bridgehead atoms. The second-order valence-electron chi connectivity index (χ2n) is 6.19. The van der Waals surface area contributed by atoms with Crippen molar-refractivity contribution in [3.63, 3.8) is 0 Å². The van der Waals surface area contributed by atoms with Crippen LogP contribution in [-0.4, -0.2) is 32.0 Å². The Morgan fingerprint density at radius 2 is 1.94 bits per heavy atom. The maximum atomic E-state index is 9.95. The fourth-order valence-electron chi connectivity index (χ4n) is 2.69. The van der Waals surface area contributed by atoms with Gasteiger partial charge in [0, 0.05) is 5.92 Å². The highest BCUT2D eigenvalue weighted by molar-refractivity contribution is 6.89. The number of hydrogen-bond acceptors (Lipinski definition) is 2. The predicted molar refractivity (Wildman–Crippen MR) is 77.9 cm³/mol. The molecule has 0 radical (unpaired) electrons. The first kappa shape index (κ1) is 13.8. The molecule has 18 heavy (non-hydrogen) atoms. The molecule has 1 saturated heterocycles. The monoisotopic (exact) mass is 264 g/mol. The Kier molecular flexibility index (Phi) is 4.25. The van der Waals surface area contributed by atoms with Gasteiger partial charge in [-0.1, -0.05) is 55.5 Å². The Labute approximate surface area is 111 Å². The summed E-state index contributed by atoms with van der Waals surface area (Å²) < 4.78 is 5.89. The molecule has 1 aliphatic heterocycles. The lowest BCUT2D eigenvalue weighted by atomic mass is 9.97. The zero-order valence-electron chi connectivity index (χ0n) is 11.6. The Morgan fingerprint density at radius 1 is 1.28 bits per heavy atom. The van der Waals surface area contributed by atoms with Crippen molar-refractivity contribution in [1.29, 1.82) is 0 Å². The van der Waals surface area contributed by atoms with E-state index < -0.39 is 8.07 Å². The number of rotatable bonds is 3. The van der Waals surface area contributed by atoms with E-state index in [0.29, 0.717) is 6.61 Å². The molecule has 1 aromatic rings. The van der Waals surface area contributed by atoms with E-state index in [0.717, 1.165) is 12.5 Å². The summed E-state index contributed by atoms with van der Waals surface area (Å²) in [4.78, 5) is 0. The SMILES string of the molecule is C[C@H]1CO[C@H](C[Si](C)(C)c2ccccc2)C[C@@H]1O. The van der Waals surface area contributed by atoms with Crippen LogP contribution in [-0.2, 0) is 4.74 Å². The number of benzene rings is 1. The fraction of sp³-hybridized carbons (Fsp3) is 0.600. The van der Waals surface area contributed by atoms with Crippen molar-refractivity contribution in [3.8, 4) is 0 Å². The van der Waals surface area contributed by atoms with Crippen molar-refractivity contribution in [1.82, 2.24) is 0 Å². The highest BCUT2D eigenvalue weighted by atomic mass is 28.3. The van der Waals surface area contributed by atoms with Crippen LogP contribution in [0.3, 0.4) is 0 Å².